The third-order valence-electron chi connectivity index (χ3n) is 3.58. The van der Waals surface area contributed by atoms with Crippen LogP contribution in [0.3, 0.4) is 0 Å². The molecule has 0 unspecified atom stereocenters. The summed E-state index contributed by atoms with van der Waals surface area (Å²) >= 11 is 0. The van der Waals surface area contributed by atoms with Crippen molar-refractivity contribution in [2.75, 3.05) is 39.5 Å². The number of hydrogen-bond donors (Lipinski definition) is 0. The molecule has 22 heavy (non-hydrogen) atoms. The molecule has 1 aromatic rings. The number of carbonyl (C=O) groups excluding carboxylic acids is 1. The summed E-state index contributed by atoms with van der Waals surface area (Å²) in [6.07, 6.45) is 1.37. The molecule has 0 amide bonds. The van der Waals surface area contributed by atoms with Crippen molar-refractivity contribution < 1.29 is 19.0 Å². The average Bonchev–Trinajstić information content (AvgIpc) is 2.50. The van der Waals surface area contributed by atoms with Crippen molar-refractivity contribution in [3.8, 4) is 5.75 Å². The highest BCUT2D eigenvalue weighted by molar-refractivity contribution is 5.79. The molecule has 122 valence electrons. The van der Waals surface area contributed by atoms with Crippen LogP contribution in [-0.4, -0.2) is 62.8 Å². The number of ether oxygens (including phenoxy) is 3. The molecule has 0 spiro atoms. The third kappa shape index (κ3) is 5.40. The zero-order chi connectivity index (χ0) is 15.8. The van der Waals surface area contributed by atoms with E-state index in [4.69, 9.17) is 14.2 Å². The van der Waals surface area contributed by atoms with Crippen LogP contribution >= 0.6 is 0 Å². The Balaban J connectivity index is 1.59. The van der Waals surface area contributed by atoms with E-state index in [0.29, 0.717) is 31.1 Å². The van der Waals surface area contributed by atoms with Crippen LogP contribution in [0.25, 0.3) is 0 Å². The molecule has 1 aliphatic heterocycles. The van der Waals surface area contributed by atoms with Crippen LogP contribution in [-0.2, 0) is 9.47 Å². The highest BCUT2D eigenvalue weighted by Gasteiger charge is 2.21. The smallest absolute Gasteiger partial charge is 0.153 e. The lowest BCUT2D eigenvalue weighted by atomic mass is 10.2. The molecule has 0 N–H and O–H groups in total. The second kappa shape index (κ2) is 8.88. The minimum absolute atomic E-state index is 0.284. The van der Waals surface area contributed by atoms with Crippen LogP contribution in [0.4, 0.5) is 0 Å². The normalized spacial score (nSPS) is 22.5. The van der Waals surface area contributed by atoms with Crippen molar-refractivity contribution in [2.45, 2.75) is 26.1 Å². The van der Waals surface area contributed by atoms with Crippen molar-refractivity contribution in [2.24, 2.45) is 0 Å². The summed E-state index contributed by atoms with van der Waals surface area (Å²) in [5.74, 6) is 0.608. The Bertz CT molecular complexity index is 456. The van der Waals surface area contributed by atoms with Gasteiger partial charge in [-0.3, -0.25) is 9.69 Å². The first-order chi connectivity index (χ1) is 10.7. The number of carbonyl (C=O) groups is 1. The Hall–Kier alpha value is -1.43. The first kappa shape index (κ1) is 16.9. The molecule has 0 aromatic heterocycles. The number of nitrogens with zero attached hydrogens (tertiary/aromatic N) is 1. The Kier molecular flexibility index (Phi) is 6.83. The Morgan fingerprint density at radius 2 is 1.91 bits per heavy atom. The van der Waals surface area contributed by atoms with E-state index >= 15 is 0 Å². The van der Waals surface area contributed by atoms with Gasteiger partial charge in [-0.15, -0.1) is 0 Å². The molecule has 0 bridgehead atoms. The van der Waals surface area contributed by atoms with Crippen molar-refractivity contribution in [1.29, 1.82) is 0 Å². The molecule has 5 heteroatoms. The highest BCUT2D eigenvalue weighted by Crippen LogP contribution is 2.15. The Morgan fingerprint density at radius 1 is 1.18 bits per heavy atom. The average molecular weight is 307 g/mol. The van der Waals surface area contributed by atoms with Crippen LogP contribution in [0, 0.1) is 0 Å². The maximum atomic E-state index is 10.9. The number of benzene rings is 1. The summed E-state index contributed by atoms with van der Waals surface area (Å²) in [6, 6.07) is 7.20. The van der Waals surface area contributed by atoms with Gasteiger partial charge in [0.15, 0.2) is 6.29 Å². The molecule has 5 nitrogen and oxygen atoms in total. The summed E-state index contributed by atoms with van der Waals surface area (Å²) in [7, 11) is 0. The zero-order valence-electron chi connectivity index (χ0n) is 13.4. The van der Waals surface area contributed by atoms with Gasteiger partial charge < -0.3 is 14.2 Å². The van der Waals surface area contributed by atoms with Gasteiger partial charge in [-0.2, -0.15) is 0 Å². The lowest BCUT2D eigenvalue weighted by molar-refractivity contribution is -0.0734. The van der Waals surface area contributed by atoms with E-state index in [1.54, 1.807) is 12.1 Å². The Morgan fingerprint density at radius 3 is 2.64 bits per heavy atom. The van der Waals surface area contributed by atoms with Crippen molar-refractivity contribution >= 4 is 6.29 Å². The molecule has 2 atom stereocenters. The van der Waals surface area contributed by atoms with E-state index in [1.165, 1.54) is 0 Å². The van der Waals surface area contributed by atoms with Crippen molar-refractivity contribution in [3.63, 3.8) is 0 Å². The van der Waals surface area contributed by atoms with Crippen LogP contribution < -0.4 is 4.74 Å². The SMILES string of the molecule is C[C@@H]1CN(CCOCCOc2ccccc2C=O)C[C@H](C)O1. The molecule has 0 aliphatic carbocycles. The quantitative estimate of drug-likeness (QED) is 0.543. The van der Waals surface area contributed by atoms with Crippen LogP contribution in [0.15, 0.2) is 24.3 Å². The molecule has 0 saturated carbocycles. The molecule has 1 fully saturated rings. The second-order valence-electron chi connectivity index (χ2n) is 5.63. The largest absolute Gasteiger partial charge is 0.490 e. The second-order valence-corrected chi connectivity index (χ2v) is 5.63. The summed E-state index contributed by atoms with van der Waals surface area (Å²) in [5.41, 5.74) is 0.568. The van der Waals surface area contributed by atoms with Crippen molar-refractivity contribution in [1.82, 2.24) is 4.90 Å². The number of aldehydes is 1. The van der Waals surface area contributed by atoms with Gasteiger partial charge >= 0.3 is 0 Å². The van der Waals surface area contributed by atoms with Gasteiger partial charge in [0.25, 0.3) is 0 Å². The molecular formula is C17H25NO4. The lowest BCUT2D eigenvalue weighted by Crippen LogP contribution is -2.46. The molecule has 1 aromatic carbocycles. The third-order valence-corrected chi connectivity index (χ3v) is 3.58. The molecule has 1 heterocycles. The number of para-hydroxylation sites is 1. The highest BCUT2D eigenvalue weighted by atomic mass is 16.5. The van der Waals surface area contributed by atoms with Crippen LogP contribution in [0.2, 0.25) is 0 Å². The van der Waals surface area contributed by atoms with E-state index in [9.17, 15) is 4.79 Å². The molecular weight excluding hydrogens is 282 g/mol. The molecule has 0 radical (unpaired) electrons. The monoisotopic (exact) mass is 307 g/mol. The molecule has 1 saturated heterocycles. The van der Waals surface area contributed by atoms with Gasteiger partial charge in [-0.1, -0.05) is 12.1 Å². The summed E-state index contributed by atoms with van der Waals surface area (Å²) in [6.45, 7) is 8.65. The van der Waals surface area contributed by atoms with Crippen LogP contribution in [0.1, 0.15) is 24.2 Å². The van der Waals surface area contributed by atoms with Gasteiger partial charge in [0.05, 0.1) is 31.0 Å². The Labute approximate surface area is 132 Å². The number of hydrogen-bond acceptors (Lipinski definition) is 5. The lowest BCUT2D eigenvalue weighted by Gasteiger charge is -2.35. The fourth-order valence-corrected chi connectivity index (χ4v) is 2.68. The van der Waals surface area contributed by atoms with Crippen molar-refractivity contribution in [3.05, 3.63) is 29.8 Å². The van der Waals surface area contributed by atoms with Gasteiger partial charge in [0.2, 0.25) is 0 Å². The topological polar surface area (TPSA) is 48.0 Å². The first-order valence-electron chi connectivity index (χ1n) is 7.81. The van der Waals surface area contributed by atoms with E-state index in [1.807, 2.05) is 12.1 Å². The van der Waals surface area contributed by atoms with E-state index in [0.717, 1.165) is 25.9 Å². The molecule has 2 rings (SSSR count). The summed E-state index contributed by atoms with van der Waals surface area (Å²) in [5, 5.41) is 0. The molecule has 1 aliphatic rings. The minimum Gasteiger partial charge on any atom is -0.490 e. The predicted molar refractivity (Wildman–Crippen MR) is 84.6 cm³/mol. The summed E-state index contributed by atoms with van der Waals surface area (Å²) in [4.78, 5) is 13.2. The van der Waals surface area contributed by atoms with E-state index < -0.39 is 0 Å². The zero-order valence-corrected chi connectivity index (χ0v) is 13.4. The maximum Gasteiger partial charge on any atom is 0.153 e. The van der Waals surface area contributed by atoms with Gasteiger partial charge in [0, 0.05) is 19.6 Å². The standard InChI is InChI=1S/C17H25NO4/c1-14-11-18(12-15(2)22-14)7-8-20-9-10-21-17-6-4-3-5-16(17)13-19/h3-6,13-15H,7-12H2,1-2H3/t14-,15+. The minimum atomic E-state index is 0.284. The van der Waals surface area contributed by atoms with E-state index in [-0.39, 0.29) is 12.2 Å². The first-order valence-corrected chi connectivity index (χ1v) is 7.81. The summed E-state index contributed by atoms with van der Waals surface area (Å²) < 4.78 is 16.9. The number of rotatable bonds is 8. The van der Waals surface area contributed by atoms with Gasteiger partial charge in [-0.25, -0.2) is 0 Å². The maximum absolute atomic E-state index is 10.9. The van der Waals surface area contributed by atoms with Crippen LogP contribution in [0.5, 0.6) is 5.75 Å². The predicted octanol–water partition coefficient (Wildman–Crippen LogP) is 2.00. The van der Waals surface area contributed by atoms with E-state index in [2.05, 4.69) is 18.7 Å². The fourth-order valence-electron chi connectivity index (χ4n) is 2.68. The van der Waals surface area contributed by atoms with Gasteiger partial charge in [0.1, 0.15) is 12.4 Å². The fraction of sp³-hybridized carbons (Fsp3) is 0.588. The number of morpholine rings is 1. The van der Waals surface area contributed by atoms with Gasteiger partial charge in [-0.05, 0) is 26.0 Å².